The standard InChI is InChI=1S/C27H27F3N4O2/c1-16-7-19(8-18-5-6-23(24(9-18)35-4)33-13-17(2)31-15-33)26-32-36-14-27(3,34(26)12-16)20-10-21(28)25(30)22(29)11-20/h5-6,8-11,13,15-16H,7,12,14H2,1-4H3/b19-8+. The number of benzene rings is 2. The van der Waals surface area contributed by atoms with Crippen molar-refractivity contribution in [3.05, 3.63) is 82.7 Å². The minimum Gasteiger partial charge on any atom is -0.495 e. The van der Waals surface area contributed by atoms with Crippen LogP contribution in [0.5, 0.6) is 5.75 Å². The maximum atomic E-state index is 14.1. The normalized spacial score (nSPS) is 22.8. The molecule has 2 unspecified atom stereocenters. The number of methoxy groups -OCH3 is 1. The summed E-state index contributed by atoms with van der Waals surface area (Å²) in [4.78, 5) is 11.9. The number of aromatic nitrogens is 2. The van der Waals surface area contributed by atoms with Gasteiger partial charge in [-0.2, -0.15) is 0 Å². The summed E-state index contributed by atoms with van der Waals surface area (Å²) in [5.41, 5.74) is 2.97. The van der Waals surface area contributed by atoms with E-state index in [0.717, 1.165) is 41.1 Å². The lowest BCUT2D eigenvalue weighted by atomic mass is 9.84. The topological polar surface area (TPSA) is 51.9 Å². The number of aryl methyl sites for hydroxylation is 1. The smallest absolute Gasteiger partial charge is 0.194 e. The second kappa shape index (κ2) is 9.04. The third-order valence-electron chi connectivity index (χ3n) is 6.84. The molecule has 2 aliphatic heterocycles. The van der Waals surface area contributed by atoms with Crippen molar-refractivity contribution in [3.8, 4) is 11.4 Å². The molecule has 2 aromatic carbocycles. The van der Waals surface area contributed by atoms with Gasteiger partial charge in [0.25, 0.3) is 0 Å². The van der Waals surface area contributed by atoms with E-state index in [0.29, 0.717) is 23.7 Å². The van der Waals surface area contributed by atoms with E-state index in [1.165, 1.54) is 0 Å². The number of ether oxygens (including phenoxy) is 1. The molecule has 3 aromatic rings. The molecule has 0 radical (unpaired) electrons. The van der Waals surface area contributed by atoms with Gasteiger partial charge >= 0.3 is 0 Å². The van der Waals surface area contributed by atoms with E-state index in [1.807, 2.05) is 53.8 Å². The molecule has 1 fully saturated rings. The van der Waals surface area contributed by atoms with Crippen molar-refractivity contribution < 1.29 is 22.7 Å². The third-order valence-corrected chi connectivity index (χ3v) is 6.84. The quantitative estimate of drug-likeness (QED) is 0.442. The zero-order chi connectivity index (χ0) is 25.6. The monoisotopic (exact) mass is 496 g/mol. The van der Waals surface area contributed by atoms with Crippen molar-refractivity contribution in [1.82, 2.24) is 14.5 Å². The van der Waals surface area contributed by atoms with E-state index in [4.69, 9.17) is 9.57 Å². The number of halogens is 3. The van der Waals surface area contributed by atoms with Crippen molar-refractivity contribution in [2.45, 2.75) is 32.7 Å². The number of hydrogen-bond acceptors (Lipinski definition) is 5. The zero-order valence-corrected chi connectivity index (χ0v) is 20.6. The molecule has 2 atom stereocenters. The van der Waals surface area contributed by atoms with Crippen LogP contribution in [-0.2, 0) is 10.4 Å². The summed E-state index contributed by atoms with van der Waals surface area (Å²) < 4.78 is 49.5. The lowest BCUT2D eigenvalue weighted by Gasteiger charge is -2.49. The first kappa shape index (κ1) is 24.0. The van der Waals surface area contributed by atoms with Crippen LogP contribution in [0.3, 0.4) is 0 Å². The number of oxime groups is 1. The Morgan fingerprint density at radius 3 is 2.58 bits per heavy atom. The number of rotatable bonds is 4. The van der Waals surface area contributed by atoms with Crippen molar-refractivity contribution >= 4 is 11.9 Å². The maximum Gasteiger partial charge on any atom is 0.194 e. The highest BCUT2D eigenvalue weighted by molar-refractivity contribution is 6.03. The minimum atomic E-state index is -1.48. The molecule has 0 saturated carbocycles. The highest BCUT2D eigenvalue weighted by Crippen LogP contribution is 2.40. The molecular formula is C27H27F3N4O2. The van der Waals surface area contributed by atoms with Crippen LogP contribution in [0.15, 0.2) is 53.6 Å². The lowest BCUT2D eigenvalue weighted by molar-refractivity contribution is -0.00365. The van der Waals surface area contributed by atoms with Gasteiger partial charge in [0.05, 0.1) is 24.8 Å². The summed E-state index contributed by atoms with van der Waals surface area (Å²) in [6, 6.07) is 7.96. The highest BCUT2D eigenvalue weighted by Gasteiger charge is 2.44. The molecule has 9 heteroatoms. The van der Waals surface area contributed by atoms with Crippen LogP contribution in [0.25, 0.3) is 11.8 Å². The molecule has 6 nitrogen and oxygen atoms in total. The van der Waals surface area contributed by atoms with E-state index in [2.05, 4.69) is 17.1 Å². The Hall–Kier alpha value is -3.75. The summed E-state index contributed by atoms with van der Waals surface area (Å²) >= 11 is 0. The molecule has 0 N–H and O–H groups in total. The first-order valence-electron chi connectivity index (χ1n) is 11.7. The third kappa shape index (κ3) is 4.12. The van der Waals surface area contributed by atoms with Crippen molar-refractivity contribution in [2.24, 2.45) is 11.1 Å². The van der Waals surface area contributed by atoms with Gasteiger partial charge in [0.1, 0.15) is 17.9 Å². The van der Waals surface area contributed by atoms with Crippen molar-refractivity contribution in [1.29, 1.82) is 0 Å². The van der Waals surface area contributed by atoms with Crippen molar-refractivity contribution in [2.75, 3.05) is 20.3 Å². The van der Waals surface area contributed by atoms with Crippen LogP contribution in [0.4, 0.5) is 13.2 Å². The number of hydrogen-bond donors (Lipinski definition) is 0. The molecular weight excluding hydrogens is 469 g/mol. The van der Waals surface area contributed by atoms with Gasteiger partial charge in [0, 0.05) is 12.7 Å². The van der Waals surface area contributed by atoms with Gasteiger partial charge in [-0.3, -0.25) is 0 Å². The van der Waals surface area contributed by atoms with Gasteiger partial charge in [-0.05, 0) is 73.2 Å². The molecule has 188 valence electrons. The van der Waals surface area contributed by atoms with E-state index in [-0.39, 0.29) is 12.5 Å². The Labute approximate surface area is 207 Å². The Morgan fingerprint density at radius 2 is 1.92 bits per heavy atom. The summed E-state index contributed by atoms with van der Waals surface area (Å²) in [6.45, 7) is 6.55. The first-order chi connectivity index (χ1) is 17.2. The number of imidazole rings is 1. The highest BCUT2D eigenvalue weighted by atomic mass is 19.2. The zero-order valence-electron chi connectivity index (χ0n) is 20.6. The molecule has 0 aliphatic carbocycles. The number of fused-ring (bicyclic) bond motifs is 1. The Bertz CT molecular complexity index is 1360. The SMILES string of the molecule is COc1cc(/C=C2\CC(C)CN3C2=NOCC3(C)c2cc(F)c(F)c(F)c2)ccc1-n1cnc(C)c1. The molecule has 36 heavy (non-hydrogen) atoms. The summed E-state index contributed by atoms with van der Waals surface area (Å²) in [5, 5.41) is 4.33. The largest absolute Gasteiger partial charge is 0.495 e. The Balaban J connectivity index is 1.53. The Morgan fingerprint density at radius 1 is 1.17 bits per heavy atom. The van der Waals surface area contributed by atoms with Gasteiger partial charge in [-0.25, -0.2) is 18.2 Å². The minimum absolute atomic E-state index is 0.0772. The number of piperidine rings is 1. The molecule has 3 heterocycles. The second-order valence-corrected chi connectivity index (χ2v) is 9.66. The molecule has 0 spiro atoms. The molecule has 1 aromatic heterocycles. The fourth-order valence-electron chi connectivity index (χ4n) is 4.92. The van der Waals surface area contributed by atoms with Crippen LogP contribution in [0.2, 0.25) is 0 Å². The van der Waals surface area contributed by atoms with Gasteiger partial charge in [0.15, 0.2) is 23.3 Å². The van der Waals surface area contributed by atoms with E-state index in [1.54, 1.807) is 13.4 Å². The first-order valence-corrected chi connectivity index (χ1v) is 11.7. The lowest BCUT2D eigenvalue weighted by Crippen LogP contribution is -2.57. The van der Waals surface area contributed by atoms with Gasteiger partial charge in [-0.15, -0.1) is 0 Å². The number of nitrogens with zero attached hydrogens (tertiary/aromatic N) is 4. The van der Waals surface area contributed by atoms with E-state index < -0.39 is 23.0 Å². The summed E-state index contributed by atoms with van der Waals surface area (Å²) in [7, 11) is 1.62. The summed E-state index contributed by atoms with van der Waals surface area (Å²) in [5.74, 6) is -2.42. The van der Waals surface area contributed by atoms with Crippen LogP contribution in [0.1, 0.15) is 37.1 Å². The molecule has 0 amide bonds. The van der Waals surface area contributed by atoms with Gasteiger partial charge in [0.2, 0.25) is 0 Å². The van der Waals surface area contributed by atoms with Gasteiger partial charge < -0.3 is 19.0 Å². The predicted molar refractivity (Wildman–Crippen MR) is 130 cm³/mol. The van der Waals surface area contributed by atoms with E-state index in [9.17, 15) is 13.2 Å². The average molecular weight is 497 g/mol. The Kier molecular flexibility index (Phi) is 6.02. The van der Waals surface area contributed by atoms with Crippen LogP contribution in [0, 0.1) is 30.3 Å². The molecule has 2 aliphatic rings. The summed E-state index contributed by atoms with van der Waals surface area (Å²) in [6.07, 6.45) is 6.42. The molecule has 5 rings (SSSR count). The second-order valence-electron chi connectivity index (χ2n) is 9.66. The van der Waals surface area contributed by atoms with Gasteiger partial charge in [-0.1, -0.05) is 18.1 Å². The fourth-order valence-corrected chi connectivity index (χ4v) is 4.92. The van der Waals surface area contributed by atoms with Crippen LogP contribution in [-0.4, -0.2) is 40.5 Å². The molecule has 1 saturated heterocycles. The maximum absolute atomic E-state index is 14.1. The van der Waals surface area contributed by atoms with Crippen LogP contribution >= 0.6 is 0 Å². The fraction of sp³-hybridized carbons (Fsp3) is 0.333. The van der Waals surface area contributed by atoms with Crippen LogP contribution < -0.4 is 4.74 Å². The average Bonchev–Trinajstić information content (AvgIpc) is 3.28. The predicted octanol–water partition coefficient (Wildman–Crippen LogP) is 5.59. The number of amidine groups is 1. The molecule has 0 bridgehead atoms. The van der Waals surface area contributed by atoms with E-state index >= 15 is 0 Å². The van der Waals surface area contributed by atoms with Crippen molar-refractivity contribution in [3.63, 3.8) is 0 Å².